The predicted molar refractivity (Wildman–Crippen MR) is 125 cm³/mol. The first-order valence-electron chi connectivity index (χ1n) is 10.2. The average molecular weight is 441 g/mol. The van der Waals surface area contributed by atoms with Gasteiger partial charge in [-0.3, -0.25) is 9.59 Å². The minimum atomic E-state index is -0.318. The quantitative estimate of drug-likeness (QED) is 0.415. The molecule has 0 saturated carbocycles. The van der Waals surface area contributed by atoms with E-state index in [1.807, 2.05) is 48.2 Å². The van der Waals surface area contributed by atoms with Gasteiger partial charge in [-0.25, -0.2) is 0 Å². The van der Waals surface area contributed by atoms with Gasteiger partial charge in [-0.05, 0) is 61.0 Å². The zero-order valence-electron chi connectivity index (χ0n) is 17.4. The van der Waals surface area contributed by atoms with E-state index in [1.54, 1.807) is 42.1 Å². The Kier molecular flexibility index (Phi) is 5.29. The Balaban J connectivity index is 1.41. The van der Waals surface area contributed by atoms with Crippen molar-refractivity contribution in [2.75, 3.05) is 10.2 Å². The summed E-state index contributed by atoms with van der Waals surface area (Å²) in [5, 5.41) is 2.81. The Hall–Kier alpha value is -3.77. The van der Waals surface area contributed by atoms with Gasteiger partial charge in [0.2, 0.25) is 0 Å². The lowest BCUT2D eigenvalue weighted by atomic mass is 10.1. The normalized spacial score (nSPS) is 12.5. The lowest BCUT2D eigenvalue weighted by Crippen LogP contribution is -2.30. The van der Waals surface area contributed by atoms with E-state index in [-0.39, 0.29) is 17.6 Å². The summed E-state index contributed by atoms with van der Waals surface area (Å²) < 4.78 is 5.24. The number of fused-ring (bicyclic) bond motifs is 2. The highest BCUT2D eigenvalue weighted by Crippen LogP contribution is 2.41. The number of anilines is 2. The molecule has 4 aromatic rings. The highest BCUT2D eigenvalue weighted by Gasteiger charge is 2.25. The molecule has 1 N–H and O–H groups in total. The minimum Gasteiger partial charge on any atom is -0.459 e. The minimum absolute atomic E-state index is 0.0884. The largest absolute Gasteiger partial charge is 0.459 e. The molecule has 0 bridgehead atoms. The first-order valence-corrected chi connectivity index (χ1v) is 11.0. The highest BCUT2D eigenvalue weighted by molar-refractivity contribution is 7.99. The van der Waals surface area contributed by atoms with Crippen molar-refractivity contribution in [2.45, 2.75) is 23.3 Å². The van der Waals surface area contributed by atoms with Crippen molar-refractivity contribution in [2.24, 2.45) is 0 Å². The van der Waals surface area contributed by atoms with Crippen LogP contribution in [-0.4, -0.2) is 11.8 Å². The molecule has 5 rings (SSSR count). The van der Waals surface area contributed by atoms with Gasteiger partial charge in [-0.2, -0.15) is 0 Å². The van der Waals surface area contributed by atoms with Gasteiger partial charge in [0.05, 0.1) is 18.5 Å². The van der Waals surface area contributed by atoms with Gasteiger partial charge in [0.25, 0.3) is 11.8 Å². The molecule has 0 saturated heterocycles. The molecule has 0 fully saturated rings. The second-order valence-electron chi connectivity index (χ2n) is 7.53. The van der Waals surface area contributed by atoms with Crippen LogP contribution < -0.4 is 10.2 Å². The van der Waals surface area contributed by atoms with E-state index in [0.29, 0.717) is 17.8 Å². The second kappa shape index (κ2) is 8.40. The van der Waals surface area contributed by atoms with Crippen molar-refractivity contribution in [3.63, 3.8) is 0 Å². The van der Waals surface area contributed by atoms with Crippen LogP contribution in [0.4, 0.5) is 11.4 Å². The summed E-state index contributed by atoms with van der Waals surface area (Å²) in [5.74, 6) is -0.126. The van der Waals surface area contributed by atoms with Crippen LogP contribution in [0, 0.1) is 6.92 Å². The summed E-state index contributed by atoms with van der Waals surface area (Å²) in [5.41, 5.74) is 3.92. The number of para-hydroxylation sites is 1. The number of rotatable bonds is 3. The molecule has 0 unspecified atom stereocenters. The summed E-state index contributed by atoms with van der Waals surface area (Å²) in [4.78, 5) is 29.9. The molecule has 32 heavy (non-hydrogen) atoms. The number of aryl methyl sites for hydroxylation is 1. The van der Waals surface area contributed by atoms with Crippen LogP contribution in [0.1, 0.15) is 32.0 Å². The Bertz CT molecular complexity index is 1310. The van der Waals surface area contributed by atoms with Crippen molar-refractivity contribution in [1.29, 1.82) is 0 Å². The van der Waals surface area contributed by atoms with Gasteiger partial charge in [0.1, 0.15) is 0 Å². The lowest BCUT2D eigenvalue weighted by molar-refractivity contribution is 0.0981. The van der Waals surface area contributed by atoms with E-state index in [2.05, 4.69) is 17.4 Å². The maximum atomic E-state index is 13.5. The lowest BCUT2D eigenvalue weighted by Gasteiger charge is -2.23. The molecule has 158 valence electrons. The number of nitrogens with one attached hydrogen (secondary N) is 1. The van der Waals surface area contributed by atoms with Crippen molar-refractivity contribution in [3.8, 4) is 0 Å². The molecule has 6 heteroatoms. The van der Waals surface area contributed by atoms with E-state index in [4.69, 9.17) is 4.42 Å². The molecule has 3 aromatic carbocycles. The molecule has 2 heterocycles. The summed E-state index contributed by atoms with van der Waals surface area (Å²) in [6.45, 7) is 2.31. The number of amides is 2. The van der Waals surface area contributed by atoms with Crippen molar-refractivity contribution in [1.82, 2.24) is 0 Å². The van der Waals surface area contributed by atoms with Gasteiger partial charge < -0.3 is 14.6 Å². The molecule has 0 spiro atoms. The van der Waals surface area contributed by atoms with Gasteiger partial charge in [0.15, 0.2) is 5.76 Å². The zero-order valence-corrected chi connectivity index (χ0v) is 18.2. The number of nitrogens with zero attached hydrogens (tertiary/aromatic N) is 1. The zero-order chi connectivity index (χ0) is 22.1. The number of carbonyl (C=O) groups is 2. The van der Waals surface area contributed by atoms with Gasteiger partial charge in [-0.1, -0.05) is 42.1 Å². The Morgan fingerprint density at radius 1 is 0.906 bits per heavy atom. The monoisotopic (exact) mass is 440 g/mol. The summed E-state index contributed by atoms with van der Waals surface area (Å²) in [6, 6.07) is 24.8. The van der Waals surface area contributed by atoms with Crippen LogP contribution in [0.15, 0.2) is 99.3 Å². The first-order chi connectivity index (χ1) is 15.6. The summed E-state index contributed by atoms with van der Waals surface area (Å²) in [7, 11) is 0. The average Bonchev–Trinajstić information content (AvgIpc) is 3.17. The Morgan fingerprint density at radius 3 is 2.38 bits per heavy atom. The predicted octanol–water partition coefficient (Wildman–Crippen LogP) is 6.15. The number of benzene rings is 3. The molecule has 0 aliphatic carbocycles. The fourth-order valence-electron chi connectivity index (χ4n) is 3.70. The van der Waals surface area contributed by atoms with Crippen LogP contribution in [0.5, 0.6) is 0 Å². The van der Waals surface area contributed by atoms with E-state index < -0.39 is 0 Å². The van der Waals surface area contributed by atoms with Crippen molar-refractivity contribution in [3.05, 3.63) is 108 Å². The topological polar surface area (TPSA) is 62.6 Å². The SMILES string of the molecule is Cc1ccoc1C(=O)Nc1ccc(C(=O)N2Cc3ccccc3Sc3ccccc32)cc1. The number of carbonyl (C=O) groups excluding carboxylic acids is 2. The van der Waals surface area contributed by atoms with Gasteiger partial charge >= 0.3 is 0 Å². The molecule has 1 aliphatic heterocycles. The van der Waals surface area contributed by atoms with Crippen LogP contribution in [0.25, 0.3) is 0 Å². The molecule has 0 radical (unpaired) electrons. The second-order valence-corrected chi connectivity index (χ2v) is 8.62. The van der Waals surface area contributed by atoms with Crippen molar-refractivity contribution < 1.29 is 14.0 Å². The molecule has 1 aliphatic rings. The number of furan rings is 1. The summed E-state index contributed by atoms with van der Waals surface area (Å²) >= 11 is 1.68. The van der Waals surface area contributed by atoms with Crippen LogP contribution in [0.3, 0.4) is 0 Å². The fourth-order valence-corrected chi connectivity index (χ4v) is 4.78. The van der Waals surface area contributed by atoms with Crippen LogP contribution in [0.2, 0.25) is 0 Å². The number of hydrogen-bond donors (Lipinski definition) is 1. The maximum absolute atomic E-state index is 13.5. The standard InChI is InChI=1S/C26H20N2O3S/c1-17-14-15-31-24(17)25(29)27-20-12-10-18(11-13-20)26(30)28-16-19-6-2-4-8-22(19)32-23-9-5-3-7-21(23)28/h2-15H,16H2,1H3,(H,27,29). The maximum Gasteiger partial charge on any atom is 0.291 e. The molecular weight excluding hydrogens is 420 g/mol. The van der Waals surface area contributed by atoms with Crippen molar-refractivity contribution >= 4 is 35.0 Å². The van der Waals surface area contributed by atoms with Gasteiger partial charge in [0, 0.05) is 26.6 Å². The molecular formula is C26H20N2O3S. The van der Waals surface area contributed by atoms with Crippen LogP contribution >= 0.6 is 11.8 Å². The van der Waals surface area contributed by atoms with E-state index in [9.17, 15) is 9.59 Å². The first kappa shape index (κ1) is 20.2. The molecule has 1 aromatic heterocycles. The third-order valence-corrected chi connectivity index (χ3v) is 6.56. The van der Waals surface area contributed by atoms with Gasteiger partial charge in [-0.15, -0.1) is 0 Å². The fraction of sp³-hybridized carbons (Fsp3) is 0.0769. The Labute approximate surface area is 190 Å². The molecule has 5 nitrogen and oxygen atoms in total. The Morgan fingerprint density at radius 2 is 1.62 bits per heavy atom. The number of hydrogen-bond acceptors (Lipinski definition) is 4. The van der Waals surface area contributed by atoms with E-state index in [1.165, 1.54) is 6.26 Å². The molecule has 0 atom stereocenters. The van der Waals surface area contributed by atoms with E-state index in [0.717, 1.165) is 26.6 Å². The van der Waals surface area contributed by atoms with Crippen LogP contribution in [-0.2, 0) is 6.54 Å². The third-order valence-electron chi connectivity index (χ3n) is 5.38. The van der Waals surface area contributed by atoms with E-state index >= 15 is 0 Å². The third kappa shape index (κ3) is 3.81. The highest BCUT2D eigenvalue weighted by atomic mass is 32.2. The smallest absolute Gasteiger partial charge is 0.291 e. The summed E-state index contributed by atoms with van der Waals surface area (Å²) in [6.07, 6.45) is 1.49. The molecule has 2 amide bonds.